The molecule has 0 radical (unpaired) electrons. The molecule has 0 spiro atoms. The lowest BCUT2D eigenvalue weighted by Crippen LogP contribution is -2.47. The third kappa shape index (κ3) is 4.00. The molecule has 0 atom stereocenters. The normalized spacial score (nSPS) is 18.6. The fourth-order valence-electron chi connectivity index (χ4n) is 2.40. The summed E-state index contributed by atoms with van der Waals surface area (Å²) < 4.78 is 0. The Morgan fingerprint density at radius 1 is 1.18 bits per heavy atom. The summed E-state index contributed by atoms with van der Waals surface area (Å²) in [7, 11) is 0. The Hall–Kier alpha value is -1.10. The predicted molar refractivity (Wildman–Crippen MR) is 66.0 cm³/mol. The minimum absolute atomic E-state index is 0.0455. The van der Waals surface area contributed by atoms with E-state index < -0.39 is 0 Å². The molecule has 0 unspecified atom stereocenters. The highest BCUT2D eigenvalue weighted by Gasteiger charge is 2.37. The van der Waals surface area contributed by atoms with Crippen LogP contribution < -0.4 is 16.8 Å². The lowest BCUT2D eigenvalue weighted by atomic mass is 9.73. The number of nitrogens with two attached hydrogens (primary N) is 2. The SMILES string of the molecule is NCC1(C(=O)NCCCC(N)=O)CCCCC1. The van der Waals surface area contributed by atoms with Crippen LogP contribution in [0.2, 0.25) is 0 Å². The van der Waals surface area contributed by atoms with Crippen molar-refractivity contribution in [3.05, 3.63) is 0 Å². The first-order chi connectivity index (χ1) is 8.10. The summed E-state index contributed by atoms with van der Waals surface area (Å²) in [5, 5.41) is 2.87. The van der Waals surface area contributed by atoms with Crippen molar-refractivity contribution < 1.29 is 9.59 Å². The van der Waals surface area contributed by atoms with Crippen LogP contribution in [0.15, 0.2) is 0 Å². The van der Waals surface area contributed by atoms with Gasteiger partial charge in [-0.3, -0.25) is 9.59 Å². The van der Waals surface area contributed by atoms with Gasteiger partial charge in [-0.1, -0.05) is 19.3 Å². The first-order valence-electron chi connectivity index (χ1n) is 6.37. The van der Waals surface area contributed by atoms with Crippen LogP contribution in [0.1, 0.15) is 44.9 Å². The summed E-state index contributed by atoms with van der Waals surface area (Å²) >= 11 is 0. The summed E-state index contributed by atoms with van der Waals surface area (Å²) in [5.41, 5.74) is 10.4. The Labute approximate surface area is 102 Å². The van der Waals surface area contributed by atoms with Gasteiger partial charge in [0.2, 0.25) is 11.8 Å². The number of rotatable bonds is 6. The van der Waals surface area contributed by atoms with Gasteiger partial charge in [-0.05, 0) is 19.3 Å². The average molecular weight is 241 g/mol. The number of primary amides is 1. The topological polar surface area (TPSA) is 98.2 Å². The van der Waals surface area contributed by atoms with Crippen molar-refractivity contribution in [2.45, 2.75) is 44.9 Å². The van der Waals surface area contributed by atoms with E-state index in [1.807, 2.05) is 0 Å². The Morgan fingerprint density at radius 2 is 1.82 bits per heavy atom. The van der Waals surface area contributed by atoms with E-state index in [4.69, 9.17) is 11.5 Å². The van der Waals surface area contributed by atoms with Gasteiger partial charge in [0, 0.05) is 19.5 Å². The lowest BCUT2D eigenvalue weighted by Gasteiger charge is -2.34. The van der Waals surface area contributed by atoms with Gasteiger partial charge in [-0.2, -0.15) is 0 Å². The number of nitrogens with one attached hydrogen (secondary N) is 1. The smallest absolute Gasteiger partial charge is 0.227 e. The van der Waals surface area contributed by atoms with Gasteiger partial charge in [-0.25, -0.2) is 0 Å². The van der Waals surface area contributed by atoms with E-state index in [1.165, 1.54) is 6.42 Å². The largest absolute Gasteiger partial charge is 0.370 e. The van der Waals surface area contributed by atoms with Crippen LogP contribution in [0.5, 0.6) is 0 Å². The Balaban J connectivity index is 2.36. The first-order valence-corrected chi connectivity index (χ1v) is 6.37. The second kappa shape index (κ2) is 6.59. The Morgan fingerprint density at radius 3 is 2.35 bits per heavy atom. The molecule has 1 aliphatic rings. The molecule has 1 fully saturated rings. The summed E-state index contributed by atoms with van der Waals surface area (Å²) in [6.07, 6.45) is 6.02. The monoisotopic (exact) mass is 241 g/mol. The molecule has 0 saturated heterocycles. The van der Waals surface area contributed by atoms with Gasteiger partial charge in [0.1, 0.15) is 0 Å². The molecule has 17 heavy (non-hydrogen) atoms. The van der Waals surface area contributed by atoms with Crippen LogP contribution in [0.3, 0.4) is 0 Å². The van der Waals surface area contributed by atoms with Crippen molar-refractivity contribution in [2.24, 2.45) is 16.9 Å². The highest BCUT2D eigenvalue weighted by atomic mass is 16.2. The van der Waals surface area contributed by atoms with E-state index in [9.17, 15) is 9.59 Å². The van der Waals surface area contributed by atoms with Gasteiger partial charge in [0.05, 0.1) is 5.41 Å². The fraction of sp³-hybridized carbons (Fsp3) is 0.833. The van der Waals surface area contributed by atoms with Gasteiger partial charge in [0.25, 0.3) is 0 Å². The molecule has 0 aromatic rings. The highest BCUT2D eigenvalue weighted by Crippen LogP contribution is 2.35. The molecule has 0 aliphatic heterocycles. The molecule has 5 heteroatoms. The molecule has 1 saturated carbocycles. The molecule has 2 amide bonds. The van der Waals surface area contributed by atoms with Crippen LogP contribution in [0.25, 0.3) is 0 Å². The second-order valence-electron chi connectivity index (χ2n) is 4.87. The molecule has 1 rings (SSSR count). The number of hydrogen-bond acceptors (Lipinski definition) is 3. The zero-order valence-corrected chi connectivity index (χ0v) is 10.3. The Bertz CT molecular complexity index is 273. The molecule has 0 bridgehead atoms. The molecule has 0 aromatic carbocycles. The van der Waals surface area contributed by atoms with E-state index >= 15 is 0 Å². The number of carbonyl (C=O) groups is 2. The molecule has 0 heterocycles. The third-order valence-corrected chi connectivity index (χ3v) is 3.57. The maximum absolute atomic E-state index is 12.1. The maximum atomic E-state index is 12.1. The molecule has 5 N–H and O–H groups in total. The number of carbonyl (C=O) groups excluding carboxylic acids is 2. The van der Waals surface area contributed by atoms with E-state index in [1.54, 1.807) is 0 Å². The fourth-order valence-corrected chi connectivity index (χ4v) is 2.40. The van der Waals surface area contributed by atoms with E-state index in [0.29, 0.717) is 25.9 Å². The predicted octanol–water partition coefficient (Wildman–Crippen LogP) is 0.277. The van der Waals surface area contributed by atoms with Crippen LogP contribution in [-0.4, -0.2) is 24.9 Å². The highest BCUT2D eigenvalue weighted by molar-refractivity contribution is 5.83. The standard InChI is InChI=1S/C12H23N3O2/c13-9-12(6-2-1-3-7-12)11(17)15-8-4-5-10(14)16/h1-9,13H2,(H2,14,16)(H,15,17). The first kappa shape index (κ1) is 14.0. The van der Waals surface area contributed by atoms with Crippen molar-refractivity contribution in [3.8, 4) is 0 Å². The van der Waals surface area contributed by atoms with E-state index in [2.05, 4.69) is 5.32 Å². The summed E-state index contributed by atoms with van der Waals surface area (Å²) in [5.74, 6) is -0.283. The molecule has 98 valence electrons. The van der Waals surface area contributed by atoms with Crippen molar-refractivity contribution in [1.82, 2.24) is 5.32 Å². The van der Waals surface area contributed by atoms with Gasteiger partial charge >= 0.3 is 0 Å². The third-order valence-electron chi connectivity index (χ3n) is 3.57. The average Bonchev–Trinajstić information content (AvgIpc) is 2.35. The lowest BCUT2D eigenvalue weighted by molar-refractivity contribution is -0.132. The molecule has 5 nitrogen and oxygen atoms in total. The Kier molecular flexibility index (Phi) is 5.41. The van der Waals surface area contributed by atoms with Crippen LogP contribution in [0.4, 0.5) is 0 Å². The number of hydrogen-bond donors (Lipinski definition) is 3. The minimum atomic E-state index is -0.370. The summed E-state index contributed by atoms with van der Waals surface area (Å²) in [4.78, 5) is 22.6. The summed E-state index contributed by atoms with van der Waals surface area (Å²) in [6, 6.07) is 0. The van der Waals surface area contributed by atoms with Crippen molar-refractivity contribution in [1.29, 1.82) is 0 Å². The summed E-state index contributed by atoms with van der Waals surface area (Å²) in [6.45, 7) is 0.915. The minimum Gasteiger partial charge on any atom is -0.370 e. The van der Waals surface area contributed by atoms with Gasteiger partial charge in [-0.15, -0.1) is 0 Å². The molecular formula is C12H23N3O2. The van der Waals surface area contributed by atoms with E-state index in [0.717, 1.165) is 25.7 Å². The number of amides is 2. The van der Waals surface area contributed by atoms with Crippen LogP contribution >= 0.6 is 0 Å². The zero-order chi connectivity index (χ0) is 12.7. The quantitative estimate of drug-likeness (QED) is 0.582. The van der Waals surface area contributed by atoms with Gasteiger partial charge < -0.3 is 16.8 Å². The molecule has 0 aromatic heterocycles. The van der Waals surface area contributed by atoms with Gasteiger partial charge in [0.15, 0.2) is 0 Å². The molecular weight excluding hydrogens is 218 g/mol. The second-order valence-corrected chi connectivity index (χ2v) is 4.87. The maximum Gasteiger partial charge on any atom is 0.227 e. The van der Waals surface area contributed by atoms with Crippen molar-refractivity contribution in [3.63, 3.8) is 0 Å². The molecule has 1 aliphatic carbocycles. The van der Waals surface area contributed by atoms with E-state index in [-0.39, 0.29) is 17.2 Å². The van der Waals surface area contributed by atoms with Crippen molar-refractivity contribution >= 4 is 11.8 Å². The van der Waals surface area contributed by atoms with Crippen LogP contribution in [-0.2, 0) is 9.59 Å². The van der Waals surface area contributed by atoms with Crippen molar-refractivity contribution in [2.75, 3.05) is 13.1 Å². The van der Waals surface area contributed by atoms with Crippen LogP contribution in [0, 0.1) is 5.41 Å². The zero-order valence-electron chi connectivity index (χ0n) is 10.3.